The molecule has 3 aromatic rings. The molecule has 4 rings (SSSR count). The monoisotopic (exact) mass is 425 g/mol. The molecule has 164 valence electrons. The van der Waals surface area contributed by atoms with E-state index in [0.29, 0.717) is 29.2 Å². The third-order valence-corrected chi connectivity index (χ3v) is 5.65. The Balaban J connectivity index is 1.66. The van der Waals surface area contributed by atoms with Crippen molar-refractivity contribution in [2.45, 2.75) is 51.3 Å². The van der Waals surface area contributed by atoms with Gasteiger partial charge in [-0.25, -0.2) is 0 Å². The molecule has 1 N–H and O–H groups in total. The van der Waals surface area contributed by atoms with Crippen molar-refractivity contribution >= 4 is 5.91 Å². The fourth-order valence-corrected chi connectivity index (χ4v) is 3.85. The van der Waals surface area contributed by atoms with Crippen molar-refractivity contribution in [3.8, 4) is 11.4 Å². The number of carbonyl (C=O) groups is 1. The van der Waals surface area contributed by atoms with E-state index >= 15 is 0 Å². The van der Waals surface area contributed by atoms with Crippen molar-refractivity contribution in [3.63, 3.8) is 0 Å². The summed E-state index contributed by atoms with van der Waals surface area (Å²) < 4.78 is 5.51. The second-order valence-electron chi connectivity index (χ2n) is 8.32. The molecule has 0 saturated carbocycles. The zero-order chi connectivity index (χ0) is 22.2. The van der Waals surface area contributed by atoms with Crippen molar-refractivity contribution < 1.29 is 14.6 Å². The molecule has 1 fully saturated rings. The molecule has 0 unspecified atom stereocenters. The molecule has 2 atom stereocenters. The van der Waals surface area contributed by atoms with Crippen molar-refractivity contribution in [2.24, 2.45) is 0 Å². The van der Waals surface area contributed by atoms with Crippen molar-refractivity contribution in [2.75, 3.05) is 13.7 Å². The van der Waals surface area contributed by atoms with Crippen molar-refractivity contribution in [3.05, 3.63) is 48.0 Å². The maximum atomic E-state index is 13.7. The van der Waals surface area contributed by atoms with Crippen molar-refractivity contribution in [1.82, 2.24) is 34.9 Å². The van der Waals surface area contributed by atoms with Crippen LogP contribution in [0.25, 0.3) is 5.69 Å². The minimum atomic E-state index is -1.07. The number of rotatable bonds is 5. The number of piperidine rings is 1. The summed E-state index contributed by atoms with van der Waals surface area (Å²) in [5.74, 6) is 0.312. The second kappa shape index (κ2) is 8.10. The van der Waals surface area contributed by atoms with Gasteiger partial charge in [0.1, 0.15) is 28.3 Å². The normalized spacial score (nSPS) is 19.5. The van der Waals surface area contributed by atoms with Gasteiger partial charge >= 0.3 is 0 Å². The molecule has 2 aromatic heterocycles. The highest BCUT2D eigenvalue weighted by Crippen LogP contribution is 2.31. The van der Waals surface area contributed by atoms with E-state index in [2.05, 4.69) is 20.4 Å². The fourth-order valence-electron chi connectivity index (χ4n) is 3.85. The van der Waals surface area contributed by atoms with Gasteiger partial charge in [-0.3, -0.25) is 4.79 Å². The number of likely N-dealkylation sites (tertiary alicyclic amines) is 1. The Morgan fingerprint density at radius 3 is 2.58 bits per heavy atom. The maximum Gasteiger partial charge on any atom is 0.260 e. The summed E-state index contributed by atoms with van der Waals surface area (Å²) in [7, 11) is 1.54. The predicted octanol–water partition coefficient (Wildman–Crippen LogP) is 1.96. The summed E-state index contributed by atoms with van der Waals surface area (Å²) in [6.07, 6.45) is 6.35. The van der Waals surface area contributed by atoms with Gasteiger partial charge in [-0.15, -0.1) is 0 Å². The summed E-state index contributed by atoms with van der Waals surface area (Å²) >= 11 is 0. The summed E-state index contributed by atoms with van der Waals surface area (Å²) in [5, 5.41) is 27.4. The SMILES string of the molecule is COc1cccc(-n2nccn2)c1C(=O)N1C[C@H](n2ncc(C(C)(C)O)n2)CC[C@H]1C. The number of aliphatic hydroxyl groups is 1. The van der Waals surface area contributed by atoms with Crippen LogP contribution in [0.5, 0.6) is 5.75 Å². The van der Waals surface area contributed by atoms with Crippen LogP contribution in [0.15, 0.2) is 36.8 Å². The Hall–Kier alpha value is -3.27. The number of hydrogen-bond donors (Lipinski definition) is 1. The molecule has 1 saturated heterocycles. The lowest BCUT2D eigenvalue weighted by atomic mass is 9.98. The molecule has 0 bridgehead atoms. The smallest absolute Gasteiger partial charge is 0.260 e. The Morgan fingerprint density at radius 2 is 1.94 bits per heavy atom. The standard InChI is InChI=1S/C21H27N7O3/c1-14-8-9-15(27-24-12-18(25-27)21(2,3)30)13-26(14)20(29)19-16(28-22-10-11-23-28)6-5-7-17(19)31-4/h5-7,10-12,14-15,30H,8-9,13H2,1-4H3/t14-,15-/m1/s1. The first-order valence-corrected chi connectivity index (χ1v) is 10.3. The van der Waals surface area contributed by atoms with Gasteiger partial charge in [-0.05, 0) is 45.7 Å². The van der Waals surface area contributed by atoms with E-state index < -0.39 is 5.60 Å². The lowest BCUT2D eigenvalue weighted by molar-refractivity contribution is 0.0530. The Bertz CT molecular complexity index is 1060. The third kappa shape index (κ3) is 4.02. The number of benzene rings is 1. The van der Waals surface area contributed by atoms with E-state index in [1.807, 2.05) is 17.9 Å². The number of aromatic nitrogens is 6. The van der Waals surface area contributed by atoms with Gasteiger partial charge in [0.15, 0.2) is 0 Å². The molecule has 3 heterocycles. The summed E-state index contributed by atoms with van der Waals surface area (Å²) in [4.78, 5) is 18.6. The minimum Gasteiger partial charge on any atom is -0.496 e. The average molecular weight is 425 g/mol. The van der Waals surface area contributed by atoms with Gasteiger partial charge in [-0.2, -0.15) is 30.0 Å². The lowest BCUT2D eigenvalue weighted by Crippen LogP contribution is -2.46. The number of carbonyl (C=O) groups excluding carboxylic acids is 1. The van der Waals surface area contributed by atoms with Gasteiger partial charge in [0.05, 0.1) is 31.7 Å². The van der Waals surface area contributed by atoms with Gasteiger partial charge in [0.2, 0.25) is 0 Å². The van der Waals surface area contributed by atoms with Crippen LogP contribution in [0.1, 0.15) is 55.7 Å². The molecule has 1 aliphatic heterocycles. The largest absolute Gasteiger partial charge is 0.496 e. The van der Waals surface area contributed by atoms with Gasteiger partial charge < -0.3 is 14.7 Å². The van der Waals surface area contributed by atoms with Crippen LogP contribution in [-0.2, 0) is 5.60 Å². The lowest BCUT2D eigenvalue weighted by Gasteiger charge is -2.38. The molecule has 10 heteroatoms. The van der Waals surface area contributed by atoms with E-state index in [4.69, 9.17) is 4.74 Å². The quantitative estimate of drug-likeness (QED) is 0.665. The van der Waals surface area contributed by atoms with Crippen LogP contribution in [0, 0.1) is 0 Å². The van der Waals surface area contributed by atoms with Crippen LogP contribution in [0.3, 0.4) is 0 Å². The van der Waals surface area contributed by atoms with Crippen molar-refractivity contribution in [1.29, 1.82) is 0 Å². The summed E-state index contributed by atoms with van der Waals surface area (Å²) in [6, 6.07) is 5.32. The van der Waals surface area contributed by atoms with E-state index in [0.717, 1.165) is 12.8 Å². The molecule has 1 aromatic carbocycles. The Kier molecular flexibility index (Phi) is 5.48. The topological polar surface area (TPSA) is 111 Å². The zero-order valence-corrected chi connectivity index (χ0v) is 18.1. The van der Waals surface area contributed by atoms with E-state index in [1.165, 1.54) is 4.80 Å². The number of hydrogen-bond acceptors (Lipinski definition) is 7. The molecular formula is C21H27N7O3. The number of amides is 1. The molecular weight excluding hydrogens is 398 g/mol. The van der Waals surface area contributed by atoms with E-state index in [-0.39, 0.29) is 18.0 Å². The zero-order valence-electron chi connectivity index (χ0n) is 18.1. The van der Waals surface area contributed by atoms with Crippen LogP contribution in [0.4, 0.5) is 0 Å². The molecule has 0 spiro atoms. The third-order valence-electron chi connectivity index (χ3n) is 5.65. The highest BCUT2D eigenvalue weighted by atomic mass is 16.5. The van der Waals surface area contributed by atoms with Crippen LogP contribution < -0.4 is 4.74 Å². The summed E-state index contributed by atoms with van der Waals surface area (Å²) in [6.45, 7) is 5.83. The van der Waals surface area contributed by atoms with E-state index in [1.54, 1.807) is 56.5 Å². The number of ether oxygens (including phenoxy) is 1. The minimum absolute atomic E-state index is 0.0383. The number of nitrogens with zero attached hydrogens (tertiary/aromatic N) is 7. The predicted molar refractivity (Wildman–Crippen MR) is 112 cm³/mol. The average Bonchev–Trinajstić information content (AvgIpc) is 3.45. The maximum absolute atomic E-state index is 13.7. The Morgan fingerprint density at radius 1 is 1.19 bits per heavy atom. The first-order chi connectivity index (χ1) is 14.8. The molecule has 0 radical (unpaired) electrons. The van der Waals surface area contributed by atoms with Gasteiger partial charge in [0.25, 0.3) is 5.91 Å². The second-order valence-corrected chi connectivity index (χ2v) is 8.32. The van der Waals surface area contributed by atoms with Gasteiger partial charge in [0, 0.05) is 12.6 Å². The number of methoxy groups -OCH3 is 1. The molecule has 1 amide bonds. The summed E-state index contributed by atoms with van der Waals surface area (Å²) in [5.41, 5.74) is 0.406. The fraction of sp³-hybridized carbons (Fsp3) is 0.476. The molecule has 0 aliphatic carbocycles. The van der Waals surface area contributed by atoms with Crippen LogP contribution in [-0.4, -0.2) is 65.6 Å². The molecule has 1 aliphatic rings. The van der Waals surface area contributed by atoms with Crippen LogP contribution >= 0.6 is 0 Å². The highest BCUT2D eigenvalue weighted by molar-refractivity contribution is 6.00. The molecule has 10 nitrogen and oxygen atoms in total. The highest BCUT2D eigenvalue weighted by Gasteiger charge is 2.34. The van der Waals surface area contributed by atoms with Gasteiger partial charge in [-0.1, -0.05) is 6.07 Å². The molecule has 31 heavy (non-hydrogen) atoms. The Labute approximate surface area is 180 Å². The first kappa shape index (κ1) is 21.0. The van der Waals surface area contributed by atoms with E-state index in [9.17, 15) is 9.90 Å². The van der Waals surface area contributed by atoms with Crippen LogP contribution in [0.2, 0.25) is 0 Å². The first-order valence-electron chi connectivity index (χ1n) is 10.3.